The van der Waals surface area contributed by atoms with Gasteiger partial charge in [-0.05, 0) is 74.8 Å². The zero-order valence-electron chi connectivity index (χ0n) is 22.4. The van der Waals surface area contributed by atoms with Crippen LogP contribution in [0.5, 0.6) is 0 Å². The summed E-state index contributed by atoms with van der Waals surface area (Å²) in [5.74, 6) is -0.887. The van der Waals surface area contributed by atoms with Crippen LogP contribution in [0.25, 0.3) is 0 Å². The monoisotopic (exact) mass is 548 g/mol. The second-order valence-corrected chi connectivity index (χ2v) is 10.5. The fourth-order valence-corrected chi connectivity index (χ4v) is 4.49. The molecule has 2 heterocycles. The number of hydrogen-bond donors (Lipinski definition) is 2. The van der Waals surface area contributed by atoms with E-state index in [0.717, 1.165) is 16.7 Å². The van der Waals surface area contributed by atoms with Gasteiger partial charge in [-0.2, -0.15) is 0 Å². The number of carbonyl (C=O) groups is 3. The minimum atomic E-state index is -0.579. The first-order valence-corrected chi connectivity index (χ1v) is 13.1. The van der Waals surface area contributed by atoms with Crippen LogP contribution >= 0.6 is 12.2 Å². The average molecular weight is 549 g/mol. The molecule has 2 aromatic carbocycles. The first-order chi connectivity index (χ1) is 18.6. The van der Waals surface area contributed by atoms with E-state index in [1.54, 1.807) is 53.3 Å². The molecule has 0 radical (unpaired) electrons. The van der Waals surface area contributed by atoms with Crippen LogP contribution in [0.2, 0.25) is 0 Å². The largest absolute Gasteiger partial charge is 0.461 e. The lowest BCUT2D eigenvalue weighted by Crippen LogP contribution is -2.43. The Bertz CT molecular complexity index is 1380. The Morgan fingerprint density at radius 2 is 1.77 bits per heavy atom. The highest BCUT2D eigenvalue weighted by atomic mass is 32.1. The van der Waals surface area contributed by atoms with Crippen molar-refractivity contribution in [1.29, 1.82) is 0 Å². The van der Waals surface area contributed by atoms with Crippen molar-refractivity contribution in [2.24, 2.45) is 0 Å². The third-order valence-corrected chi connectivity index (χ3v) is 6.30. The summed E-state index contributed by atoms with van der Waals surface area (Å²) in [5, 5.41) is 2.91. The van der Waals surface area contributed by atoms with Gasteiger partial charge in [-0.15, -0.1) is 0 Å². The Morgan fingerprint density at radius 3 is 2.46 bits per heavy atom. The fraction of sp³-hybridized carbons (Fsp3) is 0.310. The molecular weight excluding hydrogens is 516 g/mol. The van der Waals surface area contributed by atoms with Gasteiger partial charge in [0, 0.05) is 24.8 Å². The molecule has 4 rings (SSSR count). The Balaban J connectivity index is 1.59. The average Bonchev–Trinajstić information content (AvgIpc) is 3.54. The molecule has 2 amide bonds. The van der Waals surface area contributed by atoms with Crippen LogP contribution in [0.4, 0.5) is 10.5 Å². The minimum Gasteiger partial charge on any atom is -0.461 e. The number of thiocarbonyl (C=S) groups is 1. The summed E-state index contributed by atoms with van der Waals surface area (Å²) in [5.41, 5.74) is 3.49. The van der Waals surface area contributed by atoms with E-state index in [9.17, 15) is 14.4 Å². The lowest BCUT2D eigenvalue weighted by molar-refractivity contribution is 0.0241. The zero-order chi connectivity index (χ0) is 28.2. The van der Waals surface area contributed by atoms with Crippen LogP contribution < -0.4 is 10.2 Å². The molecule has 0 bridgehead atoms. The molecule has 0 spiro atoms. The number of nitrogens with zero attached hydrogens (tertiary/aromatic N) is 2. The van der Waals surface area contributed by atoms with Gasteiger partial charge in [0.05, 0.1) is 18.8 Å². The number of aromatic nitrogens is 1. The van der Waals surface area contributed by atoms with Gasteiger partial charge in [0.2, 0.25) is 0 Å². The number of benzene rings is 2. The highest BCUT2D eigenvalue weighted by molar-refractivity contribution is 7.80. The van der Waals surface area contributed by atoms with Crippen molar-refractivity contribution in [3.8, 4) is 0 Å². The van der Waals surface area contributed by atoms with E-state index >= 15 is 0 Å². The van der Waals surface area contributed by atoms with Gasteiger partial charge in [-0.1, -0.05) is 36.4 Å². The van der Waals surface area contributed by atoms with Gasteiger partial charge in [0.15, 0.2) is 5.11 Å². The number of carbonyl (C=O) groups excluding carboxylic acids is 3. The van der Waals surface area contributed by atoms with Gasteiger partial charge in [-0.25, -0.2) is 9.59 Å². The predicted molar refractivity (Wildman–Crippen MR) is 151 cm³/mol. The number of fused-ring (bicyclic) bond motifs is 1. The van der Waals surface area contributed by atoms with Crippen molar-refractivity contribution in [2.45, 2.75) is 52.9 Å². The van der Waals surface area contributed by atoms with Crippen molar-refractivity contribution in [1.82, 2.24) is 15.2 Å². The molecule has 1 aliphatic heterocycles. The Kier molecular flexibility index (Phi) is 8.35. The number of ether oxygens (including phenoxy) is 2. The molecule has 3 aromatic rings. The van der Waals surface area contributed by atoms with Crippen molar-refractivity contribution in [3.63, 3.8) is 0 Å². The maximum Gasteiger partial charge on any atom is 0.410 e. The molecule has 0 unspecified atom stereocenters. The summed E-state index contributed by atoms with van der Waals surface area (Å²) >= 11 is 5.67. The number of esters is 1. The summed E-state index contributed by atoms with van der Waals surface area (Å²) < 4.78 is 10.7. The smallest absolute Gasteiger partial charge is 0.410 e. The maximum absolute atomic E-state index is 12.9. The third-order valence-electron chi connectivity index (χ3n) is 5.98. The molecule has 2 N–H and O–H groups in total. The van der Waals surface area contributed by atoms with Crippen LogP contribution in [0.15, 0.2) is 60.8 Å². The summed E-state index contributed by atoms with van der Waals surface area (Å²) in [6.45, 7) is 8.61. The maximum atomic E-state index is 12.9. The van der Waals surface area contributed by atoms with Crippen LogP contribution in [0, 0.1) is 0 Å². The molecule has 39 heavy (non-hydrogen) atoms. The van der Waals surface area contributed by atoms with Crippen LogP contribution in [-0.4, -0.2) is 45.2 Å². The quantitative estimate of drug-likeness (QED) is 0.324. The number of amides is 2. The van der Waals surface area contributed by atoms with Crippen LogP contribution in [0.3, 0.4) is 0 Å². The highest BCUT2D eigenvalue weighted by Crippen LogP contribution is 2.28. The number of rotatable bonds is 6. The van der Waals surface area contributed by atoms with E-state index in [0.29, 0.717) is 24.3 Å². The number of anilines is 1. The van der Waals surface area contributed by atoms with Gasteiger partial charge in [0.25, 0.3) is 5.91 Å². The molecule has 204 valence electrons. The first kappa shape index (κ1) is 27.8. The number of hydrogen-bond acceptors (Lipinski definition) is 6. The molecule has 0 fully saturated rings. The van der Waals surface area contributed by atoms with Crippen LogP contribution in [0.1, 0.15) is 65.2 Å². The second-order valence-electron chi connectivity index (χ2n) is 10.1. The van der Waals surface area contributed by atoms with E-state index in [2.05, 4.69) is 10.3 Å². The Morgan fingerprint density at radius 1 is 1.05 bits per heavy atom. The van der Waals surface area contributed by atoms with E-state index in [1.165, 1.54) is 0 Å². The van der Waals surface area contributed by atoms with Crippen molar-refractivity contribution >= 4 is 41.0 Å². The number of nitrogens with one attached hydrogen (secondary N) is 2. The molecule has 0 saturated carbocycles. The molecule has 1 aliphatic rings. The Hall–Kier alpha value is -4.18. The molecule has 10 heteroatoms. The highest BCUT2D eigenvalue weighted by Gasteiger charge is 2.29. The fourth-order valence-electron chi connectivity index (χ4n) is 4.23. The molecule has 0 saturated heterocycles. The summed E-state index contributed by atoms with van der Waals surface area (Å²) in [7, 11) is 0. The van der Waals surface area contributed by atoms with Crippen molar-refractivity contribution < 1.29 is 23.9 Å². The van der Waals surface area contributed by atoms with Gasteiger partial charge in [0.1, 0.15) is 11.3 Å². The second kappa shape index (κ2) is 11.7. The molecule has 9 nitrogen and oxygen atoms in total. The van der Waals surface area contributed by atoms with Crippen molar-refractivity contribution in [2.75, 3.05) is 11.5 Å². The normalized spacial score (nSPS) is 12.5. The third kappa shape index (κ3) is 6.83. The van der Waals surface area contributed by atoms with Crippen molar-refractivity contribution in [3.05, 3.63) is 88.7 Å². The SMILES string of the molecule is CCOC(=O)c1[nH]ccc1N(Cc1ccc2c(c1)CN(C(=O)OC(C)(C)C)C2)C(=S)NC(=O)c1ccccc1. The number of H-pyrrole nitrogens is 1. The van der Waals surface area contributed by atoms with E-state index in [1.807, 2.05) is 45.0 Å². The summed E-state index contributed by atoms with van der Waals surface area (Å²) in [4.78, 5) is 44.4. The van der Waals surface area contributed by atoms with Gasteiger partial charge < -0.3 is 19.4 Å². The van der Waals surface area contributed by atoms with E-state index in [4.69, 9.17) is 21.7 Å². The zero-order valence-corrected chi connectivity index (χ0v) is 23.3. The molecule has 0 atom stereocenters. The van der Waals surface area contributed by atoms with E-state index < -0.39 is 11.6 Å². The van der Waals surface area contributed by atoms with Gasteiger partial charge in [-0.3, -0.25) is 15.0 Å². The number of aromatic amines is 1. The molecule has 0 aliphatic carbocycles. The lowest BCUT2D eigenvalue weighted by atomic mass is 10.1. The minimum absolute atomic E-state index is 0.130. The lowest BCUT2D eigenvalue weighted by Gasteiger charge is -2.26. The Labute approximate surface area is 233 Å². The standard InChI is InChI=1S/C29H32N4O5S/c1-5-37-26(35)24-23(13-14-30-24)33(27(39)31-25(34)20-9-7-6-8-10-20)16-19-11-12-21-17-32(18-22(21)15-19)28(36)38-29(2,3)4/h6-15,30H,5,16-18H2,1-4H3,(H,31,34,39). The van der Waals surface area contributed by atoms with Gasteiger partial charge >= 0.3 is 12.1 Å². The van der Waals surface area contributed by atoms with E-state index in [-0.39, 0.29) is 36.0 Å². The van der Waals surface area contributed by atoms with Crippen LogP contribution in [-0.2, 0) is 29.1 Å². The summed E-state index contributed by atoms with van der Waals surface area (Å²) in [6.07, 6.45) is 1.26. The molecular formula is C29H32N4O5S. The summed E-state index contributed by atoms with van der Waals surface area (Å²) in [6, 6.07) is 16.4. The predicted octanol–water partition coefficient (Wildman–Crippen LogP) is 5.16. The first-order valence-electron chi connectivity index (χ1n) is 12.7. The molecule has 1 aromatic heterocycles. The topological polar surface area (TPSA) is 104 Å².